The van der Waals surface area contributed by atoms with Gasteiger partial charge in [0.25, 0.3) is 5.91 Å². The van der Waals surface area contributed by atoms with E-state index in [9.17, 15) is 18.0 Å². The number of carbonyl (C=O) groups excluding carboxylic acids is 1. The van der Waals surface area contributed by atoms with Crippen LogP contribution in [0.2, 0.25) is 10.0 Å². The minimum absolute atomic E-state index is 0.171. The van der Waals surface area contributed by atoms with Crippen LogP contribution in [0.25, 0.3) is 0 Å². The SMILES string of the molecule is O=C(COc1cncc(C(F)(F)F)n1)N1CCC(c2nc(C3=NOC(c4c(Cl)cccc4Cl)C3)cs2)CC1. The van der Waals surface area contributed by atoms with E-state index >= 15 is 0 Å². The lowest BCUT2D eigenvalue weighted by Gasteiger charge is -2.31. The van der Waals surface area contributed by atoms with Gasteiger partial charge in [0.15, 0.2) is 18.4 Å². The number of piperidine rings is 1. The van der Waals surface area contributed by atoms with Crippen LogP contribution in [0.5, 0.6) is 5.88 Å². The van der Waals surface area contributed by atoms with Gasteiger partial charge in [-0.05, 0) is 25.0 Å². The van der Waals surface area contributed by atoms with Gasteiger partial charge in [0.1, 0.15) is 5.71 Å². The Morgan fingerprint density at radius 2 is 1.89 bits per heavy atom. The number of benzene rings is 1. The van der Waals surface area contributed by atoms with E-state index in [1.807, 2.05) is 5.38 Å². The molecule has 3 aromatic rings. The number of nitrogens with zero attached hydrogens (tertiary/aromatic N) is 5. The lowest BCUT2D eigenvalue weighted by molar-refractivity contribution is -0.141. The molecule has 2 aliphatic rings. The second-order valence-electron chi connectivity index (χ2n) is 8.73. The molecule has 4 heterocycles. The van der Waals surface area contributed by atoms with Crippen LogP contribution in [0.4, 0.5) is 13.2 Å². The molecule has 38 heavy (non-hydrogen) atoms. The number of oxime groups is 1. The third kappa shape index (κ3) is 5.87. The number of halogens is 5. The second kappa shape index (κ2) is 11.0. The highest BCUT2D eigenvalue weighted by Crippen LogP contribution is 2.39. The predicted molar refractivity (Wildman–Crippen MR) is 135 cm³/mol. The van der Waals surface area contributed by atoms with E-state index in [1.165, 1.54) is 11.3 Å². The number of hydrogen-bond donors (Lipinski definition) is 0. The van der Waals surface area contributed by atoms with Crippen molar-refractivity contribution < 1.29 is 27.5 Å². The van der Waals surface area contributed by atoms with Crippen molar-refractivity contribution >= 4 is 46.2 Å². The Morgan fingerprint density at radius 1 is 1.16 bits per heavy atom. The fourth-order valence-corrected chi connectivity index (χ4v) is 5.91. The molecule has 1 saturated heterocycles. The first-order valence-corrected chi connectivity index (χ1v) is 13.2. The summed E-state index contributed by atoms with van der Waals surface area (Å²) < 4.78 is 43.5. The first-order valence-electron chi connectivity index (χ1n) is 11.6. The number of aromatic nitrogens is 3. The maximum absolute atomic E-state index is 12.8. The Labute approximate surface area is 229 Å². The zero-order valence-corrected chi connectivity index (χ0v) is 21.9. The van der Waals surface area contributed by atoms with Crippen LogP contribution in [0.15, 0.2) is 41.1 Å². The molecule has 1 unspecified atom stereocenters. The Morgan fingerprint density at radius 3 is 2.61 bits per heavy atom. The average Bonchev–Trinajstić information content (AvgIpc) is 3.57. The van der Waals surface area contributed by atoms with Crippen molar-refractivity contribution in [2.75, 3.05) is 19.7 Å². The Kier molecular flexibility index (Phi) is 7.73. The van der Waals surface area contributed by atoms with Crippen molar-refractivity contribution in [2.24, 2.45) is 5.16 Å². The summed E-state index contributed by atoms with van der Waals surface area (Å²) in [7, 11) is 0. The Hall–Kier alpha value is -2.96. The van der Waals surface area contributed by atoms with Gasteiger partial charge < -0.3 is 14.5 Å². The molecule has 2 aliphatic heterocycles. The first kappa shape index (κ1) is 26.6. The highest BCUT2D eigenvalue weighted by Gasteiger charge is 2.34. The van der Waals surface area contributed by atoms with Crippen molar-refractivity contribution in [3.8, 4) is 5.88 Å². The minimum Gasteiger partial charge on any atom is -0.466 e. The van der Waals surface area contributed by atoms with E-state index in [2.05, 4.69) is 15.1 Å². The number of carbonyl (C=O) groups is 1. The van der Waals surface area contributed by atoms with Crippen molar-refractivity contribution in [3.63, 3.8) is 0 Å². The monoisotopic (exact) mass is 585 g/mol. The molecule has 0 aliphatic carbocycles. The molecule has 0 N–H and O–H groups in total. The fraction of sp³-hybridized carbons (Fsp3) is 0.375. The number of likely N-dealkylation sites (tertiary alicyclic amines) is 1. The number of rotatable bonds is 6. The maximum Gasteiger partial charge on any atom is 0.435 e. The normalized spacial score (nSPS) is 18.3. The van der Waals surface area contributed by atoms with Crippen LogP contribution in [0, 0.1) is 0 Å². The van der Waals surface area contributed by atoms with Gasteiger partial charge in [-0.2, -0.15) is 13.2 Å². The Bertz CT molecular complexity index is 1340. The molecule has 0 spiro atoms. The van der Waals surface area contributed by atoms with Crippen LogP contribution in [0.1, 0.15) is 53.2 Å². The lowest BCUT2D eigenvalue weighted by atomic mass is 9.97. The number of thiazole rings is 1. The van der Waals surface area contributed by atoms with Crippen molar-refractivity contribution in [1.82, 2.24) is 19.9 Å². The predicted octanol–water partition coefficient (Wildman–Crippen LogP) is 5.91. The quantitative estimate of drug-likeness (QED) is 0.357. The molecule has 1 fully saturated rings. The van der Waals surface area contributed by atoms with E-state index in [1.54, 1.807) is 23.1 Å². The van der Waals surface area contributed by atoms with Crippen LogP contribution in [0.3, 0.4) is 0 Å². The topological polar surface area (TPSA) is 89.8 Å². The summed E-state index contributed by atoms with van der Waals surface area (Å²) in [6, 6.07) is 5.29. The fourth-order valence-electron chi connectivity index (χ4n) is 4.27. The summed E-state index contributed by atoms with van der Waals surface area (Å²) in [5.41, 5.74) is 0.983. The third-order valence-electron chi connectivity index (χ3n) is 6.25. The summed E-state index contributed by atoms with van der Waals surface area (Å²) in [4.78, 5) is 31.4. The summed E-state index contributed by atoms with van der Waals surface area (Å²) in [5, 5.41) is 8.14. The standard InChI is InChI=1S/C24H20Cl2F3N5O3S/c25-14-2-1-3-15(26)22(14)18-8-16(33-37-18)17-12-38-23(31-17)13-4-6-34(7-5-13)21(35)11-36-20-10-30-9-19(32-20)24(27,28)29/h1-3,9-10,12-13,18H,4-8,11H2. The molecule has 200 valence electrons. The number of alkyl halides is 3. The van der Waals surface area contributed by atoms with Crippen molar-refractivity contribution in [2.45, 2.75) is 37.5 Å². The van der Waals surface area contributed by atoms with Gasteiger partial charge in [-0.3, -0.25) is 9.78 Å². The highest BCUT2D eigenvalue weighted by molar-refractivity contribution is 7.10. The number of amides is 1. The van der Waals surface area contributed by atoms with Gasteiger partial charge in [-0.25, -0.2) is 9.97 Å². The molecule has 14 heteroatoms. The molecule has 5 rings (SSSR count). The first-order chi connectivity index (χ1) is 18.2. The van der Waals surface area contributed by atoms with Crippen LogP contribution < -0.4 is 4.74 Å². The van der Waals surface area contributed by atoms with Crippen LogP contribution >= 0.6 is 34.5 Å². The van der Waals surface area contributed by atoms with Gasteiger partial charge in [-0.15, -0.1) is 11.3 Å². The molecule has 0 radical (unpaired) electrons. The van der Waals surface area contributed by atoms with Gasteiger partial charge >= 0.3 is 6.18 Å². The van der Waals surface area contributed by atoms with Gasteiger partial charge in [-0.1, -0.05) is 34.4 Å². The van der Waals surface area contributed by atoms with Gasteiger partial charge in [0, 0.05) is 46.4 Å². The molecule has 1 aromatic carbocycles. The summed E-state index contributed by atoms with van der Waals surface area (Å²) in [6.45, 7) is 0.541. The zero-order chi connectivity index (χ0) is 26.9. The van der Waals surface area contributed by atoms with Crippen LogP contribution in [-0.4, -0.2) is 51.2 Å². The molecule has 0 bridgehead atoms. The molecule has 8 nitrogen and oxygen atoms in total. The van der Waals surface area contributed by atoms with Crippen molar-refractivity contribution in [1.29, 1.82) is 0 Å². The minimum atomic E-state index is -4.64. The molecule has 1 atom stereocenters. The van der Waals surface area contributed by atoms with E-state index in [0.717, 1.165) is 22.6 Å². The zero-order valence-electron chi connectivity index (χ0n) is 19.6. The smallest absolute Gasteiger partial charge is 0.435 e. The van der Waals surface area contributed by atoms with Gasteiger partial charge in [0.2, 0.25) is 5.88 Å². The molecular weight excluding hydrogens is 566 g/mol. The van der Waals surface area contributed by atoms with Crippen molar-refractivity contribution in [3.05, 3.63) is 68.0 Å². The largest absolute Gasteiger partial charge is 0.466 e. The van der Waals surface area contributed by atoms with Gasteiger partial charge in [0.05, 0.1) is 23.1 Å². The molecule has 1 amide bonds. The molecule has 2 aromatic heterocycles. The summed E-state index contributed by atoms with van der Waals surface area (Å²) >= 11 is 14.1. The third-order valence-corrected chi connectivity index (χ3v) is 7.92. The summed E-state index contributed by atoms with van der Waals surface area (Å²) in [6.07, 6.45) is -1.49. The van der Waals surface area contributed by atoms with E-state index in [4.69, 9.17) is 37.8 Å². The van der Waals surface area contributed by atoms with E-state index in [-0.39, 0.29) is 23.8 Å². The molecular formula is C24H20Cl2F3N5O3S. The number of hydrogen-bond acceptors (Lipinski definition) is 8. The maximum atomic E-state index is 12.8. The lowest BCUT2D eigenvalue weighted by Crippen LogP contribution is -2.40. The second-order valence-corrected chi connectivity index (χ2v) is 10.4. The van der Waals surface area contributed by atoms with E-state index < -0.39 is 18.5 Å². The highest BCUT2D eigenvalue weighted by atomic mass is 35.5. The van der Waals surface area contributed by atoms with Crippen LogP contribution in [-0.2, 0) is 15.8 Å². The summed E-state index contributed by atoms with van der Waals surface area (Å²) in [5.74, 6) is -0.509. The number of ether oxygens (including phenoxy) is 1. The average molecular weight is 586 g/mol. The Balaban J connectivity index is 1.13. The van der Waals surface area contributed by atoms with E-state index in [0.29, 0.717) is 54.2 Å². The molecule has 0 saturated carbocycles.